The highest BCUT2D eigenvalue weighted by molar-refractivity contribution is 7.09. The van der Waals surface area contributed by atoms with Crippen molar-refractivity contribution in [2.24, 2.45) is 0 Å². The van der Waals surface area contributed by atoms with Gasteiger partial charge in [-0.05, 0) is 13.8 Å². The lowest BCUT2D eigenvalue weighted by Crippen LogP contribution is -1.97. The lowest BCUT2D eigenvalue weighted by atomic mass is 10.6. The smallest absolute Gasteiger partial charge is 0.202 e. The van der Waals surface area contributed by atoms with E-state index in [1.807, 2.05) is 13.8 Å². The predicted molar refractivity (Wildman–Crippen MR) is 49.4 cm³/mol. The first-order chi connectivity index (χ1) is 5.86. The van der Waals surface area contributed by atoms with Gasteiger partial charge in [0, 0.05) is 24.7 Å². The van der Waals surface area contributed by atoms with E-state index in [2.05, 4.69) is 14.7 Å². The summed E-state index contributed by atoms with van der Waals surface area (Å²) in [6.45, 7) is 6.08. The van der Waals surface area contributed by atoms with Crippen LogP contribution in [0.5, 0.6) is 0 Å². The van der Waals surface area contributed by atoms with Crippen molar-refractivity contribution in [3.05, 3.63) is 5.82 Å². The molecule has 0 amide bonds. The molecule has 1 N–H and O–H groups in total. The molecule has 1 rings (SSSR count). The van der Waals surface area contributed by atoms with Gasteiger partial charge in [-0.25, -0.2) is 4.98 Å². The van der Waals surface area contributed by atoms with E-state index in [1.165, 1.54) is 11.5 Å². The molecule has 5 heteroatoms. The maximum absolute atomic E-state index is 5.16. The molecule has 0 fully saturated rings. The van der Waals surface area contributed by atoms with Crippen LogP contribution in [0.2, 0.25) is 0 Å². The molecule has 0 bridgehead atoms. The monoisotopic (exact) mass is 187 g/mol. The van der Waals surface area contributed by atoms with E-state index in [9.17, 15) is 0 Å². The second-order valence-electron chi connectivity index (χ2n) is 2.18. The van der Waals surface area contributed by atoms with Crippen LogP contribution >= 0.6 is 11.5 Å². The van der Waals surface area contributed by atoms with Crippen molar-refractivity contribution in [3.8, 4) is 0 Å². The molecule has 0 atom stereocenters. The molecule has 0 aliphatic carbocycles. The first-order valence-electron chi connectivity index (χ1n) is 4.01. The number of hydrogen-bond donors (Lipinski definition) is 1. The lowest BCUT2D eigenvalue weighted by Gasteiger charge is -1.94. The molecule has 12 heavy (non-hydrogen) atoms. The van der Waals surface area contributed by atoms with Crippen LogP contribution in [0.25, 0.3) is 0 Å². The van der Waals surface area contributed by atoms with E-state index in [1.54, 1.807) is 0 Å². The normalized spacial score (nSPS) is 10.2. The van der Waals surface area contributed by atoms with E-state index in [0.29, 0.717) is 13.2 Å². The molecular formula is C7H13N3OS. The Balaban J connectivity index is 2.41. The Morgan fingerprint density at radius 3 is 3.00 bits per heavy atom. The van der Waals surface area contributed by atoms with Crippen molar-refractivity contribution >= 4 is 16.7 Å². The molecule has 0 radical (unpaired) electrons. The van der Waals surface area contributed by atoms with Crippen molar-refractivity contribution in [1.29, 1.82) is 0 Å². The van der Waals surface area contributed by atoms with E-state index in [4.69, 9.17) is 4.74 Å². The average Bonchev–Trinajstić information content (AvgIpc) is 2.50. The van der Waals surface area contributed by atoms with Crippen molar-refractivity contribution in [2.45, 2.75) is 20.5 Å². The van der Waals surface area contributed by atoms with Crippen LogP contribution in [0.15, 0.2) is 0 Å². The first kappa shape index (κ1) is 9.41. The van der Waals surface area contributed by atoms with Gasteiger partial charge in [0.1, 0.15) is 6.61 Å². The fourth-order valence-corrected chi connectivity index (χ4v) is 1.37. The maximum Gasteiger partial charge on any atom is 0.202 e. The van der Waals surface area contributed by atoms with Crippen LogP contribution in [0.1, 0.15) is 19.7 Å². The zero-order valence-corrected chi connectivity index (χ0v) is 8.15. The molecule has 1 aromatic rings. The number of ether oxygens (including phenoxy) is 1. The molecule has 0 spiro atoms. The number of aromatic nitrogens is 2. The highest BCUT2D eigenvalue weighted by atomic mass is 32.1. The van der Waals surface area contributed by atoms with Gasteiger partial charge in [-0.15, -0.1) is 0 Å². The Morgan fingerprint density at radius 2 is 2.33 bits per heavy atom. The minimum absolute atomic E-state index is 0.512. The Hall–Kier alpha value is -0.680. The van der Waals surface area contributed by atoms with Gasteiger partial charge in [0.15, 0.2) is 5.82 Å². The predicted octanol–water partition coefficient (Wildman–Crippen LogP) is 1.51. The van der Waals surface area contributed by atoms with Crippen molar-refractivity contribution in [3.63, 3.8) is 0 Å². The molecule has 0 aliphatic heterocycles. The molecule has 0 aromatic carbocycles. The number of nitrogens with zero attached hydrogens (tertiary/aromatic N) is 2. The van der Waals surface area contributed by atoms with Gasteiger partial charge in [0.05, 0.1) is 0 Å². The second-order valence-corrected chi connectivity index (χ2v) is 2.94. The number of nitrogens with one attached hydrogen (secondary N) is 1. The number of rotatable bonds is 5. The maximum atomic E-state index is 5.16. The highest BCUT2D eigenvalue weighted by Gasteiger charge is 2.01. The second kappa shape index (κ2) is 5.05. The van der Waals surface area contributed by atoms with Gasteiger partial charge in [0.25, 0.3) is 0 Å². The Bertz CT molecular complexity index is 226. The third kappa shape index (κ3) is 2.75. The Morgan fingerprint density at radius 1 is 1.50 bits per heavy atom. The summed E-state index contributed by atoms with van der Waals surface area (Å²) < 4.78 is 9.28. The Kier molecular flexibility index (Phi) is 3.96. The van der Waals surface area contributed by atoms with Crippen LogP contribution < -0.4 is 5.32 Å². The summed E-state index contributed by atoms with van der Waals surface area (Å²) in [5.74, 6) is 0.762. The standard InChI is InChI=1S/C7H13N3OS/c1-3-8-7-9-6(10-12-7)5-11-4-2/h3-5H2,1-2H3,(H,8,9,10). The summed E-state index contributed by atoms with van der Waals surface area (Å²) in [5, 5.41) is 3.96. The molecule has 0 aliphatic rings. The average molecular weight is 187 g/mol. The quantitative estimate of drug-likeness (QED) is 0.759. The van der Waals surface area contributed by atoms with Crippen LogP contribution in [0.3, 0.4) is 0 Å². The fraction of sp³-hybridized carbons (Fsp3) is 0.714. The molecule has 1 aromatic heterocycles. The zero-order chi connectivity index (χ0) is 8.81. The van der Waals surface area contributed by atoms with E-state index in [0.717, 1.165) is 17.5 Å². The van der Waals surface area contributed by atoms with Gasteiger partial charge in [0.2, 0.25) is 5.13 Å². The van der Waals surface area contributed by atoms with Gasteiger partial charge in [-0.2, -0.15) is 4.37 Å². The molecule has 0 saturated carbocycles. The first-order valence-corrected chi connectivity index (χ1v) is 4.78. The SMILES string of the molecule is CCNc1nc(COCC)ns1. The fourth-order valence-electron chi connectivity index (χ4n) is 0.729. The minimum Gasteiger partial charge on any atom is -0.374 e. The van der Waals surface area contributed by atoms with Crippen LogP contribution in [0, 0.1) is 0 Å². The molecule has 1 heterocycles. The van der Waals surface area contributed by atoms with Crippen LogP contribution in [-0.2, 0) is 11.3 Å². The molecular weight excluding hydrogens is 174 g/mol. The highest BCUT2D eigenvalue weighted by Crippen LogP contribution is 2.10. The number of anilines is 1. The summed E-state index contributed by atoms with van der Waals surface area (Å²) in [7, 11) is 0. The Labute approximate surface area is 76.1 Å². The largest absolute Gasteiger partial charge is 0.374 e. The molecule has 4 nitrogen and oxygen atoms in total. The van der Waals surface area contributed by atoms with Crippen molar-refractivity contribution in [1.82, 2.24) is 9.36 Å². The number of hydrogen-bond acceptors (Lipinski definition) is 5. The van der Waals surface area contributed by atoms with Gasteiger partial charge < -0.3 is 10.1 Å². The van der Waals surface area contributed by atoms with Crippen LogP contribution in [-0.4, -0.2) is 22.5 Å². The van der Waals surface area contributed by atoms with Gasteiger partial charge in [-0.1, -0.05) is 0 Å². The third-order valence-corrected chi connectivity index (χ3v) is 1.94. The van der Waals surface area contributed by atoms with E-state index >= 15 is 0 Å². The third-order valence-electron chi connectivity index (χ3n) is 1.23. The van der Waals surface area contributed by atoms with E-state index < -0.39 is 0 Å². The van der Waals surface area contributed by atoms with Crippen LogP contribution in [0.4, 0.5) is 5.13 Å². The summed E-state index contributed by atoms with van der Waals surface area (Å²) in [5.41, 5.74) is 0. The summed E-state index contributed by atoms with van der Waals surface area (Å²) >= 11 is 1.37. The van der Waals surface area contributed by atoms with E-state index in [-0.39, 0.29) is 0 Å². The summed E-state index contributed by atoms with van der Waals surface area (Å²) in [6, 6.07) is 0. The summed E-state index contributed by atoms with van der Waals surface area (Å²) in [6.07, 6.45) is 0. The zero-order valence-electron chi connectivity index (χ0n) is 7.33. The van der Waals surface area contributed by atoms with Gasteiger partial charge >= 0.3 is 0 Å². The van der Waals surface area contributed by atoms with Crippen molar-refractivity contribution < 1.29 is 4.74 Å². The topological polar surface area (TPSA) is 47.0 Å². The van der Waals surface area contributed by atoms with Gasteiger partial charge in [-0.3, -0.25) is 0 Å². The molecule has 0 unspecified atom stereocenters. The molecule has 68 valence electrons. The summed E-state index contributed by atoms with van der Waals surface area (Å²) in [4.78, 5) is 4.21. The minimum atomic E-state index is 0.512. The molecule has 0 saturated heterocycles. The lowest BCUT2D eigenvalue weighted by molar-refractivity contribution is 0.129. The van der Waals surface area contributed by atoms with Crippen molar-refractivity contribution in [2.75, 3.05) is 18.5 Å².